The topological polar surface area (TPSA) is 4.93 Å². The van der Waals surface area contributed by atoms with Gasteiger partial charge in [-0.3, -0.25) is 0 Å². The number of hydrogen-bond acceptors (Lipinski definition) is 0. The lowest BCUT2D eigenvalue weighted by atomic mass is 9.92. The van der Waals surface area contributed by atoms with E-state index < -0.39 is 0 Å². The molecule has 1 atom stereocenters. The largest absolute Gasteiger partial charge is 0.350 e. The highest BCUT2D eigenvalue weighted by Gasteiger charge is 2.13. The molecule has 0 fully saturated rings. The van der Waals surface area contributed by atoms with Gasteiger partial charge in [-0.25, -0.2) is 0 Å². The van der Waals surface area contributed by atoms with Gasteiger partial charge in [-0.2, -0.15) is 0 Å². The van der Waals surface area contributed by atoms with Gasteiger partial charge < -0.3 is 4.57 Å². The number of benzene rings is 1. The molecule has 1 heteroatoms. The van der Waals surface area contributed by atoms with Gasteiger partial charge in [0.25, 0.3) is 0 Å². The molecule has 2 aromatic rings. The predicted molar refractivity (Wildman–Crippen MR) is 70.8 cm³/mol. The average Bonchev–Trinajstić information content (AvgIpc) is 2.56. The fourth-order valence-electron chi connectivity index (χ4n) is 2.60. The lowest BCUT2D eigenvalue weighted by Gasteiger charge is -2.13. The van der Waals surface area contributed by atoms with Gasteiger partial charge in [-0.05, 0) is 29.9 Å². The number of para-hydroxylation sites is 1. The minimum atomic E-state index is 0.645. The first-order valence-corrected chi connectivity index (χ1v) is 6.13. The summed E-state index contributed by atoms with van der Waals surface area (Å²) in [5.41, 5.74) is 2.83. The van der Waals surface area contributed by atoms with Crippen LogP contribution in [0.3, 0.4) is 0 Å². The van der Waals surface area contributed by atoms with Crippen LogP contribution in [0.15, 0.2) is 30.5 Å². The summed E-state index contributed by atoms with van der Waals surface area (Å²) in [7, 11) is 2.13. The average molecular weight is 215 g/mol. The van der Waals surface area contributed by atoms with E-state index in [2.05, 4.69) is 62.8 Å². The van der Waals surface area contributed by atoms with Gasteiger partial charge in [0.1, 0.15) is 0 Å². The standard InChI is InChI=1S/C15H21N/c1-11(2)9-12(3)14-10-16(4)15-8-6-5-7-13(14)15/h5-8,10-12H,9H2,1-4H3. The Morgan fingerprint density at radius 2 is 1.81 bits per heavy atom. The molecule has 0 saturated heterocycles. The van der Waals surface area contributed by atoms with E-state index >= 15 is 0 Å². The Balaban J connectivity index is 2.44. The van der Waals surface area contributed by atoms with Crippen LogP contribution in [0.2, 0.25) is 0 Å². The Bertz CT molecular complexity index is 479. The van der Waals surface area contributed by atoms with Crippen LogP contribution in [-0.2, 0) is 7.05 Å². The molecule has 0 aliphatic carbocycles. The summed E-state index contributed by atoms with van der Waals surface area (Å²) in [6.07, 6.45) is 3.55. The fraction of sp³-hybridized carbons (Fsp3) is 0.467. The first-order valence-electron chi connectivity index (χ1n) is 6.13. The molecule has 0 aliphatic heterocycles. The molecular weight excluding hydrogens is 194 g/mol. The van der Waals surface area contributed by atoms with Gasteiger partial charge in [-0.15, -0.1) is 0 Å². The molecule has 0 radical (unpaired) electrons. The van der Waals surface area contributed by atoms with E-state index in [0.29, 0.717) is 5.92 Å². The first kappa shape index (κ1) is 11.3. The third-order valence-electron chi connectivity index (χ3n) is 3.28. The van der Waals surface area contributed by atoms with Crippen molar-refractivity contribution in [3.63, 3.8) is 0 Å². The number of fused-ring (bicyclic) bond motifs is 1. The molecule has 1 unspecified atom stereocenters. The van der Waals surface area contributed by atoms with E-state index in [4.69, 9.17) is 0 Å². The maximum absolute atomic E-state index is 2.34. The molecule has 0 N–H and O–H groups in total. The highest BCUT2D eigenvalue weighted by atomic mass is 14.9. The second-order valence-electron chi connectivity index (χ2n) is 5.24. The van der Waals surface area contributed by atoms with Gasteiger partial charge in [0.2, 0.25) is 0 Å². The van der Waals surface area contributed by atoms with Crippen LogP contribution in [0.5, 0.6) is 0 Å². The number of aromatic nitrogens is 1. The number of aryl methyl sites for hydroxylation is 1. The van der Waals surface area contributed by atoms with E-state index in [0.717, 1.165) is 5.92 Å². The molecule has 1 aromatic carbocycles. The Morgan fingerprint density at radius 3 is 2.50 bits per heavy atom. The minimum Gasteiger partial charge on any atom is -0.350 e. The zero-order chi connectivity index (χ0) is 11.7. The smallest absolute Gasteiger partial charge is 0.0480 e. The van der Waals surface area contributed by atoms with E-state index in [1.54, 1.807) is 0 Å². The lowest BCUT2D eigenvalue weighted by molar-refractivity contribution is 0.525. The van der Waals surface area contributed by atoms with Gasteiger partial charge in [0.15, 0.2) is 0 Å². The van der Waals surface area contributed by atoms with Crippen molar-refractivity contribution >= 4 is 10.9 Å². The van der Waals surface area contributed by atoms with E-state index in [1.165, 1.54) is 22.9 Å². The summed E-state index contributed by atoms with van der Waals surface area (Å²) in [5, 5.41) is 1.41. The SMILES string of the molecule is CC(C)CC(C)c1cn(C)c2ccccc12. The Hall–Kier alpha value is -1.24. The van der Waals surface area contributed by atoms with Crippen LogP contribution in [0.25, 0.3) is 10.9 Å². The normalized spacial score (nSPS) is 13.6. The molecule has 0 aliphatic rings. The molecule has 0 amide bonds. The van der Waals surface area contributed by atoms with Crippen molar-refractivity contribution in [2.75, 3.05) is 0 Å². The number of nitrogens with zero attached hydrogens (tertiary/aromatic N) is 1. The summed E-state index contributed by atoms with van der Waals surface area (Å²) in [6, 6.07) is 8.68. The molecule has 2 rings (SSSR count). The fourth-order valence-corrected chi connectivity index (χ4v) is 2.60. The summed E-state index contributed by atoms with van der Waals surface area (Å²) in [6.45, 7) is 6.92. The van der Waals surface area contributed by atoms with Crippen LogP contribution in [0, 0.1) is 5.92 Å². The first-order chi connectivity index (χ1) is 7.59. The molecule has 86 valence electrons. The molecule has 0 spiro atoms. The highest BCUT2D eigenvalue weighted by molar-refractivity contribution is 5.84. The van der Waals surface area contributed by atoms with Crippen LogP contribution in [0.1, 0.15) is 38.7 Å². The van der Waals surface area contributed by atoms with E-state index in [9.17, 15) is 0 Å². The highest BCUT2D eigenvalue weighted by Crippen LogP contribution is 2.30. The third kappa shape index (κ3) is 1.99. The maximum Gasteiger partial charge on any atom is 0.0480 e. The van der Waals surface area contributed by atoms with Gasteiger partial charge in [0, 0.05) is 24.1 Å². The monoisotopic (exact) mass is 215 g/mol. The number of hydrogen-bond donors (Lipinski definition) is 0. The van der Waals surface area contributed by atoms with Gasteiger partial charge in [-0.1, -0.05) is 39.0 Å². The lowest BCUT2D eigenvalue weighted by Crippen LogP contribution is -1.98. The Kier molecular flexibility index (Phi) is 3.04. The van der Waals surface area contributed by atoms with Crippen molar-refractivity contribution in [2.24, 2.45) is 13.0 Å². The molecule has 16 heavy (non-hydrogen) atoms. The Morgan fingerprint density at radius 1 is 1.12 bits per heavy atom. The van der Waals surface area contributed by atoms with Crippen molar-refractivity contribution < 1.29 is 0 Å². The van der Waals surface area contributed by atoms with Crippen LogP contribution < -0.4 is 0 Å². The van der Waals surface area contributed by atoms with Crippen molar-refractivity contribution in [3.8, 4) is 0 Å². The molecule has 0 bridgehead atoms. The van der Waals surface area contributed by atoms with E-state index in [-0.39, 0.29) is 0 Å². The number of rotatable bonds is 3. The maximum atomic E-state index is 2.34. The van der Waals surface area contributed by atoms with Crippen LogP contribution in [-0.4, -0.2) is 4.57 Å². The molecule has 1 aromatic heterocycles. The Labute approximate surface area is 98.1 Å². The summed E-state index contributed by atoms with van der Waals surface area (Å²) < 4.78 is 2.24. The zero-order valence-corrected chi connectivity index (χ0v) is 10.7. The van der Waals surface area contributed by atoms with Crippen molar-refractivity contribution in [1.82, 2.24) is 4.57 Å². The molecule has 1 nitrogen and oxygen atoms in total. The molecule has 0 saturated carbocycles. The van der Waals surface area contributed by atoms with Gasteiger partial charge >= 0.3 is 0 Å². The third-order valence-corrected chi connectivity index (χ3v) is 3.28. The van der Waals surface area contributed by atoms with Crippen molar-refractivity contribution in [3.05, 3.63) is 36.0 Å². The second-order valence-corrected chi connectivity index (χ2v) is 5.24. The zero-order valence-electron chi connectivity index (χ0n) is 10.7. The van der Waals surface area contributed by atoms with Crippen LogP contribution in [0.4, 0.5) is 0 Å². The summed E-state index contributed by atoms with van der Waals surface area (Å²) in [5.74, 6) is 1.40. The molecule has 1 heterocycles. The summed E-state index contributed by atoms with van der Waals surface area (Å²) >= 11 is 0. The van der Waals surface area contributed by atoms with Crippen molar-refractivity contribution in [2.45, 2.75) is 33.1 Å². The second kappa shape index (κ2) is 4.32. The minimum absolute atomic E-state index is 0.645. The van der Waals surface area contributed by atoms with E-state index in [1.807, 2.05) is 0 Å². The quantitative estimate of drug-likeness (QED) is 0.718. The van der Waals surface area contributed by atoms with Crippen molar-refractivity contribution in [1.29, 1.82) is 0 Å². The van der Waals surface area contributed by atoms with Crippen LogP contribution >= 0.6 is 0 Å². The van der Waals surface area contributed by atoms with Gasteiger partial charge in [0.05, 0.1) is 0 Å². The predicted octanol–water partition coefficient (Wildman–Crippen LogP) is 4.33. The summed E-state index contributed by atoms with van der Waals surface area (Å²) in [4.78, 5) is 0. The molecular formula is C15H21N.